The molecule has 0 saturated carbocycles. The molecule has 2 heterocycles. The molecule has 2 aromatic heterocycles. The smallest absolute Gasteiger partial charge is 0.266 e. The SMILES string of the molecule is COc1ccc(-c2nn(-c3cccc(Cl)c3)cc2-c2cc(-c3ccccc3)[nH]c(=O)c2C#N)cc1. The average Bonchev–Trinajstić information content (AvgIpc) is 3.34. The molecule has 0 saturated heterocycles. The van der Waals surface area contributed by atoms with Crippen molar-refractivity contribution in [3.05, 3.63) is 112 Å². The number of aromatic amines is 1. The first kappa shape index (κ1) is 22.2. The maximum atomic E-state index is 13.0. The number of hydrogen-bond donors (Lipinski definition) is 1. The Labute approximate surface area is 206 Å². The zero-order valence-corrected chi connectivity index (χ0v) is 19.5. The van der Waals surface area contributed by atoms with Crippen LogP contribution in [0.2, 0.25) is 5.02 Å². The van der Waals surface area contributed by atoms with Crippen molar-refractivity contribution in [2.24, 2.45) is 0 Å². The van der Waals surface area contributed by atoms with Gasteiger partial charge in [0.25, 0.3) is 5.56 Å². The first-order valence-electron chi connectivity index (χ1n) is 10.8. The van der Waals surface area contributed by atoms with Crippen molar-refractivity contribution in [3.8, 4) is 51.1 Å². The summed E-state index contributed by atoms with van der Waals surface area (Å²) in [4.78, 5) is 15.8. The minimum absolute atomic E-state index is 0.0186. The Morgan fingerprint density at radius 1 is 0.943 bits per heavy atom. The second-order valence-electron chi connectivity index (χ2n) is 7.82. The molecule has 1 N–H and O–H groups in total. The normalized spacial score (nSPS) is 10.7. The molecule has 0 bridgehead atoms. The number of nitrogens with zero attached hydrogens (tertiary/aromatic N) is 3. The second-order valence-corrected chi connectivity index (χ2v) is 8.26. The van der Waals surface area contributed by atoms with Crippen LogP contribution in [-0.4, -0.2) is 21.9 Å². The largest absolute Gasteiger partial charge is 0.497 e. The van der Waals surface area contributed by atoms with Crippen molar-refractivity contribution in [2.45, 2.75) is 0 Å². The van der Waals surface area contributed by atoms with Crippen LogP contribution in [0.4, 0.5) is 0 Å². The Morgan fingerprint density at radius 3 is 2.40 bits per heavy atom. The van der Waals surface area contributed by atoms with Crippen LogP contribution in [0.5, 0.6) is 5.75 Å². The van der Waals surface area contributed by atoms with Gasteiger partial charge < -0.3 is 9.72 Å². The highest BCUT2D eigenvalue weighted by atomic mass is 35.5. The second kappa shape index (κ2) is 9.34. The molecule has 5 rings (SSSR count). The van der Waals surface area contributed by atoms with E-state index in [1.165, 1.54) is 0 Å². The summed E-state index contributed by atoms with van der Waals surface area (Å²) in [5.74, 6) is 0.713. The van der Waals surface area contributed by atoms with Crippen molar-refractivity contribution < 1.29 is 4.74 Å². The summed E-state index contributed by atoms with van der Waals surface area (Å²) in [6.07, 6.45) is 1.82. The highest BCUT2D eigenvalue weighted by molar-refractivity contribution is 6.30. The Hall–Kier alpha value is -4.60. The van der Waals surface area contributed by atoms with Gasteiger partial charge in [-0.3, -0.25) is 4.79 Å². The van der Waals surface area contributed by atoms with Crippen molar-refractivity contribution >= 4 is 11.6 Å². The third kappa shape index (κ3) is 4.33. The summed E-state index contributed by atoms with van der Waals surface area (Å²) < 4.78 is 7.00. The monoisotopic (exact) mass is 478 g/mol. The van der Waals surface area contributed by atoms with Crippen molar-refractivity contribution in [3.63, 3.8) is 0 Å². The predicted octanol–water partition coefficient (Wildman–Crippen LogP) is 6.10. The number of nitrogens with one attached hydrogen (secondary N) is 1. The van der Waals surface area contributed by atoms with E-state index >= 15 is 0 Å². The van der Waals surface area contributed by atoms with Crippen molar-refractivity contribution in [1.29, 1.82) is 5.26 Å². The highest BCUT2D eigenvalue weighted by Crippen LogP contribution is 2.35. The fourth-order valence-electron chi connectivity index (χ4n) is 3.94. The lowest BCUT2D eigenvalue weighted by atomic mass is 9.97. The maximum absolute atomic E-state index is 13.0. The Bertz CT molecular complexity index is 1610. The average molecular weight is 479 g/mol. The summed E-state index contributed by atoms with van der Waals surface area (Å²) in [6, 6.07) is 28.2. The van der Waals surface area contributed by atoms with E-state index in [0.717, 1.165) is 16.8 Å². The summed E-state index contributed by atoms with van der Waals surface area (Å²) in [7, 11) is 1.61. The molecule has 7 heteroatoms. The fraction of sp³-hybridized carbons (Fsp3) is 0.0357. The van der Waals surface area contributed by atoms with Crippen LogP contribution in [0.25, 0.3) is 39.3 Å². The zero-order chi connectivity index (χ0) is 24.4. The lowest BCUT2D eigenvalue weighted by Gasteiger charge is -2.09. The number of ether oxygens (including phenoxy) is 1. The van der Waals surface area contributed by atoms with Gasteiger partial charge in [-0.15, -0.1) is 0 Å². The lowest BCUT2D eigenvalue weighted by Crippen LogP contribution is -2.12. The number of nitriles is 1. The molecule has 0 aliphatic rings. The molecule has 35 heavy (non-hydrogen) atoms. The van der Waals surface area contributed by atoms with Crippen LogP contribution in [0.15, 0.2) is 95.9 Å². The molecular weight excluding hydrogens is 460 g/mol. The number of hydrogen-bond acceptors (Lipinski definition) is 4. The minimum Gasteiger partial charge on any atom is -0.497 e. The fourth-order valence-corrected chi connectivity index (χ4v) is 4.12. The number of halogens is 1. The number of pyridine rings is 1. The van der Waals surface area contributed by atoms with E-state index in [2.05, 4.69) is 11.1 Å². The molecule has 0 aliphatic heterocycles. The number of aromatic nitrogens is 3. The first-order valence-corrected chi connectivity index (χ1v) is 11.2. The lowest BCUT2D eigenvalue weighted by molar-refractivity contribution is 0.415. The van der Waals surface area contributed by atoms with Crippen LogP contribution in [0.3, 0.4) is 0 Å². The molecule has 3 aromatic carbocycles. The van der Waals surface area contributed by atoms with Gasteiger partial charge in [-0.05, 0) is 54.1 Å². The number of benzene rings is 3. The Morgan fingerprint density at radius 2 is 1.71 bits per heavy atom. The van der Waals surface area contributed by atoms with Crippen LogP contribution in [0.1, 0.15) is 5.56 Å². The molecule has 0 amide bonds. The van der Waals surface area contributed by atoms with Crippen LogP contribution < -0.4 is 10.3 Å². The quantitative estimate of drug-likeness (QED) is 0.331. The molecule has 0 unspecified atom stereocenters. The van der Waals surface area contributed by atoms with E-state index in [1.54, 1.807) is 23.9 Å². The van der Waals surface area contributed by atoms with Crippen molar-refractivity contribution in [1.82, 2.24) is 14.8 Å². The molecular formula is C28H19ClN4O2. The standard InChI is InChI=1S/C28H19ClN4O2/c1-35-22-12-10-19(11-13-22)27-25(17-33(32-27)21-9-5-8-20(29)14-21)23-15-26(18-6-3-2-4-7-18)31-28(34)24(23)16-30/h2-15,17H,1H3,(H,31,34). The van der Waals surface area contributed by atoms with E-state index in [4.69, 9.17) is 21.4 Å². The molecule has 0 fully saturated rings. The third-order valence-electron chi connectivity index (χ3n) is 5.67. The van der Waals surface area contributed by atoms with Crippen molar-refractivity contribution in [2.75, 3.05) is 7.11 Å². The molecule has 5 aromatic rings. The molecule has 170 valence electrons. The van der Waals surface area contributed by atoms with Crippen LogP contribution >= 0.6 is 11.6 Å². The summed E-state index contributed by atoms with van der Waals surface area (Å²) in [6.45, 7) is 0. The first-order chi connectivity index (χ1) is 17.1. The van der Waals surface area contributed by atoms with Gasteiger partial charge in [-0.2, -0.15) is 10.4 Å². The number of rotatable bonds is 5. The van der Waals surface area contributed by atoms with E-state index in [-0.39, 0.29) is 5.56 Å². The van der Waals surface area contributed by atoms with Crippen LogP contribution in [0, 0.1) is 11.3 Å². The Balaban J connectivity index is 1.78. The van der Waals surface area contributed by atoms with Gasteiger partial charge in [0.2, 0.25) is 0 Å². The minimum atomic E-state index is -0.458. The van der Waals surface area contributed by atoms with Gasteiger partial charge in [0, 0.05) is 33.6 Å². The molecule has 6 nitrogen and oxygen atoms in total. The third-order valence-corrected chi connectivity index (χ3v) is 5.91. The van der Waals surface area contributed by atoms with Gasteiger partial charge in [0.1, 0.15) is 23.1 Å². The van der Waals surface area contributed by atoms with Gasteiger partial charge in [0.05, 0.1) is 12.8 Å². The molecule has 0 spiro atoms. The summed E-state index contributed by atoms with van der Waals surface area (Å²) >= 11 is 6.22. The van der Waals surface area contributed by atoms with E-state index in [0.29, 0.717) is 33.3 Å². The van der Waals surface area contributed by atoms with Gasteiger partial charge in [0.15, 0.2) is 0 Å². The van der Waals surface area contributed by atoms with E-state index in [1.807, 2.05) is 79.0 Å². The zero-order valence-electron chi connectivity index (χ0n) is 18.7. The maximum Gasteiger partial charge on any atom is 0.266 e. The van der Waals surface area contributed by atoms with E-state index < -0.39 is 5.56 Å². The Kier molecular flexibility index (Phi) is 5.92. The number of methoxy groups -OCH3 is 1. The van der Waals surface area contributed by atoms with Gasteiger partial charge in [-0.25, -0.2) is 4.68 Å². The predicted molar refractivity (Wildman–Crippen MR) is 137 cm³/mol. The number of H-pyrrole nitrogens is 1. The summed E-state index contributed by atoms with van der Waals surface area (Å²) in [5, 5.41) is 15.3. The van der Waals surface area contributed by atoms with Gasteiger partial charge in [-0.1, -0.05) is 48.0 Å². The van der Waals surface area contributed by atoms with Gasteiger partial charge >= 0.3 is 0 Å². The summed E-state index contributed by atoms with van der Waals surface area (Å²) in [5.41, 5.74) is 4.34. The van der Waals surface area contributed by atoms with Crippen LogP contribution in [-0.2, 0) is 0 Å². The molecule has 0 atom stereocenters. The van der Waals surface area contributed by atoms with E-state index in [9.17, 15) is 10.1 Å². The molecule has 0 radical (unpaired) electrons. The topological polar surface area (TPSA) is 83.7 Å². The highest BCUT2D eigenvalue weighted by Gasteiger charge is 2.20. The molecule has 0 aliphatic carbocycles.